The first kappa shape index (κ1) is 14.8. The second kappa shape index (κ2) is 5.40. The van der Waals surface area contributed by atoms with Gasteiger partial charge >= 0.3 is 11.7 Å². The van der Waals surface area contributed by atoms with Gasteiger partial charge in [-0.3, -0.25) is 9.36 Å². The summed E-state index contributed by atoms with van der Waals surface area (Å²) < 4.78 is 1.46. The van der Waals surface area contributed by atoms with E-state index in [1.165, 1.54) is 4.57 Å². The quantitative estimate of drug-likeness (QED) is 0.810. The van der Waals surface area contributed by atoms with E-state index in [0.29, 0.717) is 13.1 Å². The number of hydrogen-bond acceptors (Lipinski definition) is 3. The Morgan fingerprint density at radius 2 is 2.08 bits per heavy atom. The van der Waals surface area contributed by atoms with Crippen LogP contribution >= 0.6 is 0 Å². The molecule has 4 rings (SSSR count). The third kappa shape index (κ3) is 2.26. The fraction of sp³-hybridized carbons (Fsp3) is 0.438. The zero-order valence-electron chi connectivity index (χ0n) is 13.4. The number of likely N-dealkylation sites (N-methyl/N-ethyl adjacent to an activating group) is 1. The van der Waals surface area contributed by atoms with Crippen LogP contribution in [0.2, 0.25) is 0 Å². The molecule has 0 radical (unpaired) electrons. The first-order valence-electron chi connectivity index (χ1n) is 8.03. The average Bonchev–Trinajstić information content (AvgIpc) is 3.04. The minimum Gasteiger partial charge on any atom is -0.339 e. The van der Waals surface area contributed by atoms with Crippen LogP contribution in [-0.2, 0) is 11.3 Å². The van der Waals surface area contributed by atoms with Crippen LogP contribution in [0, 0.1) is 0 Å². The Morgan fingerprint density at radius 1 is 1.29 bits per heavy atom. The fourth-order valence-electron chi connectivity index (χ4n) is 3.68. The normalized spacial score (nSPS) is 23.5. The van der Waals surface area contributed by atoms with Crippen molar-refractivity contribution in [1.82, 2.24) is 24.7 Å². The second-order valence-electron chi connectivity index (χ2n) is 6.40. The van der Waals surface area contributed by atoms with E-state index in [4.69, 9.17) is 0 Å². The Labute approximate surface area is 138 Å². The Kier molecular flexibility index (Phi) is 3.33. The number of imidazole rings is 1. The van der Waals surface area contributed by atoms with Gasteiger partial charge in [0, 0.05) is 20.1 Å². The molecule has 126 valence electrons. The lowest BCUT2D eigenvalue weighted by molar-refractivity contribution is -0.133. The lowest BCUT2D eigenvalue weighted by Crippen LogP contribution is -2.53. The molecule has 0 unspecified atom stereocenters. The minimum absolute atomic E-state index is 0.00399. The second-order valence-corrected chi connectivity index (χ2v) is 6.40. The third-order valence-electron chi connectivity index (χ3n) is 5.03. The molecule has 2 aromatic rings. The molecule has 2 aliphatic heterocycles. The van der Waals surface area contributed by atoms with E-state index in [0.717, 1.165) is 17.5 Å². The molecule has 0 bridgehead atoms. The van der Waals surface area contributed by atoms with Crippen molar-refractivity contribution >= 4 is 23.0 Å². The highest BCUT2D eigenvalue weighted by atomic mass is 16.2. The molecule has 0 saturated carbocycles. The summed E-state index contributed by atoms with van der Waals surface area (Å²) >= 11 is 0. The highest BCUT2D eigenvalue weighted by Crippen LogP contribution is 2.21. The van der Waals surface area contributed by atoms with E-state index in [1.807, 2.05) is 24.3 Å². The molecule has 2 fully saturated rings. The number of piperidine rings is 1. The molecule has 2 aliphatic rings. The number of hydrogen-bond donors (Lipinski definition) is 2. The van der Waals surface area contributed by atoms with Crippen LogP contribution in [0.5, 0.6) is 0 Å². The number of benzene rings is 1. The SMILES string of the molecule is CN1C(=O)N[C@@H]2CN(C(=O)Cn3c(=O)[nH]c4ccccc43)CC[C@@H]21. The summed E-state index contributed by atoms with van der Waals surface area (Å²) in [5, 5.41) is 2.91. The Balaban J connectivity index is 1.52. The van der Waals surface area contributed by atoms with Gasteiger partial charge in [-0.15, -0.1) is 0 Å². The lowest BCUT2D eigenvalue weighted by atomic mass is 10.0. The summed E-state index contributed by atoms with van der Waals surface area (Å²) in [5.41, 5.74) is 1.16. The number of nitrogens with zero attached hydrogens (tertiary/aromatic N) is 3. The van der Waals surface area contributed by atoms with E-state index in [-0.39, 0.29) is 36.3 Å². The van der Waals surface area contributed by atoms with Crippen molar-refractivity contribution in [2.24, 2.45) is 0 Å². The van der Waals surface area contributed by atoms with Gasteiger partial charge in [0.15, 0.2) is 0 Å². The number of H-pyrrole nitrogens is 1. The zero-order chi connectivity index (χ0) is 16.8. The van der Waals surface area contributed by atoms with Crippen molar-refractivity contribution in [2.75, 3.05) is 20.1 Å². The average molecular weight is 329 g/mol. The Bertz CT molecular complexity index is 870. The smallest absolute Gasteiger partial charge is 0.326 e. The monoisotopic (exact) mass is 329 g/mol. The number of carbonyl (C=O) groups is 2. The summed E-state index contributed by atoms with van der Waals surface area (Å²) in [7, 11) is 1.78. The van der Waals surface area contributed by atoms with E-state index in [9.17, 15) is 14.4 Å². The molecule has 8 heteroatoms. The molecule has 0 aliphatic carbocycles. The molecule has 3 heterocycles. The van der Waals surface area contributed by atoms with Crippen LogP contribution in [-0.4, -0.2) is 63.5 Å². The van der Waals surface area contributed by atoms with Crippen molar-refractivity contribution < 1.29 is 9.59 Å². The first-order valence-corrected chi connectivity index (χ1v) is 8.03. The molecular weight excluding hydrogens is 310 g/mol. The van der Waals surface area contributed by atoms with Gasteiger partial charge in [0.05, 0.1) is 23.1 Å². The molecule has 2 saturated heterocycles. The number of amides is 3. The van der Waals surface area contributed by atoms with Gasteiger partial charge in [0.1, 0.15) is 6.54 Å². The standard InChI is InChI=1S/C16H19N5O3/c1-19-12-6-7-20(8-11(12)18-15(19)23)14(22)9-21-13-5-3-2-4-10(13)17-16(21)24/h2-5,11-12H,6-9H2,1H3,(H,17,24)(H,18,23)/t11-,12+/m1/s1. The van der Waals surface area contributed by atoms with Crippen molar-refractivity contribution in [1.29, 1.82) is 0 Å². The molecule has 24 heavy (non-hydrogen) atoms. The summed E-state index contributed by atoms with van der Waals surface area (Å²) in [6.45, 7) is 1.08. The van der Waals surface area contributed by atoms with Gasteiger partial charge in [-0.1, -0.05) is 12.1 Å². The summed E-state index contributed by atoms with van der Waals surface area (Å²) in [6, 6.07) is 7.32. The molecular formula is C16H19N5O3. The topological polar surface area (TPSA) is 90.4 Å². The van der Waals surface area contributed by atoms with Gasteiger partial charge in [0.25, 0.3) is 0 Å². The molecule has 2 N–H and O–H groups in total. The number of urea groups is 1. The molecule has 2 atom stereocenters. The van der Waals surface area contributed by atoms with Crippen LogP contribution in [0.15, 0.2) is 29.1 Å². The number of para-hydroxylation sites is 2. The van der Waals surface area contributed by atoms with Crippen LogP contribution in [0.1, 0.15) is 6.42 Å². The van der Waals surface area contributed by atoms with Crippen LogP contribution in [0.4, 0.5) is 4.79 Å². The maximum Gasteiger partial charge on any atom is 0.326 e. The van der Waals surface area contributed by atoms with Crippen molar-refractivity contribution in [3.05, 3.63) is 34.7 Å². The molecule has 1 aromatic heterocycles. The summed E-state index contributed by atoms with van der Waals surface area (Å²) in [6.07, 6.45) is 0.744. The molecule has 0 spiro atoms. The summed E-state index contributed by atoms with van der Waals surface area (Å²) in [4.78, 5) is 42.7. The first-order chi connectivity index (χ1) is 11.5. The molecule has 3 amide bonds. The number of likely N-dealkylation sites (tertiary alicyclic amines) is 1. The highest BCUT2D eigenvalue weighted by molar-refractivity contribution is 5.81. The minimum atomic E-state index is -0.284. The maximum absolute atomic E-state index is 12.6. The zero-order valence-corrected chi connectivity index (χ0v) is 13.4. The van der Waals surface area contributed by atoms with Gasteiger partial charge < -0.3 is 20.1 Å². The van der Waals surface area contributed by atoms with Crippen molar-refractivity contribution in [3.8, 4) is 0 Å². The lowest BCUT2D eigenvalue weighted by Gasteiger charge is -2.35. The van der Waals surface area contributed by atoms with E-state index in [1.54, 1.807) is 16.8 Å². The van der Waals surface area contributed by atoms with Crippen molar-refractivity contribution in [2.45, 2.75) is 25.0 Å². The maximum atomic E-state index is 12.6. The van der Waals surface area contributed by atoms with Gasteiger partial charge in [-0.2, -0.15) is 0 Å². The number of rotatable bonds is 2. The predicted molar refractivity (Wildman–Crippen MR) is 87.6 cm³/mol. The van der Waals surface area contributed by atoms with Gasteiger partial charge in [0.2, 0.25) is 5.91 Å². The van der Waals surface area contributed by atoms with Crippen LogP contribution in [0.25, 0.3) is 11.0 Å². The third-order valence-corrected chi connectivity index (χ3v) is 5.03. The number of aromatic nitrogens is 2. The van der Waals surface area contributed by atoms with E-state index in [2.05, 4.69) is 10.3 Å². The van der Waals surface area contributed by atoms with Gasteiger partial charge in [-0.25, -0.2) is 9.59 Å². The summed E-state index contributed by atoms with van der Waals surface area (Å²) in [5.74, 6) is -0.107. The number of fused-ring (bicyclic) bond motifs is 2. The molecule has 1 aromatic carbocycles. The van der Waals surface area contributed by atoms with E-state index < -0.39 is 0 Å². The van der Waals surface area contributed by atoms with Crippen molar-refractivity contribution in [3.63, 3.8) is 0 Å². The molecule has 8 nitrogen and oxygen atoms in total. The van der Waals surface area contributed by atoms with Crippen LogP contribution < -0.4 is 11.0 Å². The largest absolute Gasteiger partial charge is 0.339 e. The number of aromatic amines is 1. The number of carbonyl (C=O) groups excluding carboxylic acids is 2. The highest BCUT2D eigenvalue weighted by Gasteiger charge is 2.41. The number of nitrogens with one attached hydrogen (secondary N) is 2. The Hall–Kier alpha value is -2.77. The van der Waals surface area contributed by atoms with E-state index >= 15 is 0 Å². The predicted octanol–water partition coefficient (Wildman–Crippen LogP) is -0.0459. The Morgan fingerprint density at radius 3 is 2.92 bits per heavy atom. The fourth-order valence-corrected chi connectivity index (χ4v) is 3.68. The van der Waals surface area contributed by atoms with Crippen LogP contribution in [0.3, 0.4) is 0 Å². The van der Waals surface area contributed by atoms with Gasteiger partial charge in [-0.05, 0) is 18.6 Å².